The molecule has 0 heterocycles. The lowest BCUT2D eigenvalue weighted by molar-refractivity contribution is -0.167. The minimum absolute atomic E-state index is 0.0738. The van der Waals surface area contributed by atoms with Crippen LogP contribution in [0.5, 0.6) is 0 Å². The molecule has 0 saturated heterocycles. The second-order valence-electron chi connectivity index (χ2n) is 17.1. The molecule has 0 radical (unpaired) electrons. The Hall–Kier alpha value is -2.11. The Kier molecular flexibility index (Phi) is 45.8. The van der Waals surface area contributed by atoms with Crippen molar-refractivity contribution in [1.29, 1.82) is 0 Å². The third kappa shape index (κ3) is 45.0. The number of carbonyl (C=O) groups is 3. The van der Waals surface area contributed by atoms with Crippen molar-refractivity contribution in [3.63, 3.8) is 0 Å². The molecule has 6 nitrogen and oxygen atoms in total. The maximum Gasteiger partial charge on any atom is 0.306 e. The Labute approximate surface area is 360 Å². The average molecular weight is 817 g/mol. The van der Waals surface area contributed by atoms with Gasteiger partial charge in [-0.15, -0.1) is 0 Å². The molecule has 6 heteroatoms. The fourth-order valence-electron chi connectivity index (χ4n) is 7.34. The third-order valence-electron chi connectivity index (χ3n) is 11.2. The molecule has 0 spiro atoms. The second kappa shape index (κ2) is 47.6. The molecule has 0 aliphatic rings. The van der Waals surface area contributed by atoms with Crippen LogP contribution in [0.2, 0.25) is 0 Å². The van der Waals surface area contributed by atoms with Gasteiger partial charge in [-0.2, -0.15) is 0 Å². The van der Waals surface area contributed by atoms with Crippen molar-refractivity contribution in [3.05, 3.63) is 24.3 Å². The van der Waals surface area contributed by atoms with E-state index in [4.69, 9.17) is 14.2 Å². The van der Waals surface area contributed by atoms with Crippen LogP contribution in [-0.2, 0) is 28.6 Å². The summed E-state index contributed by atoms with van der Waals surface area (Å²) in [7, 11) is 0. The van der Waals surface area contributed by atoms with Crippen molar-refractivity contribution in [1.82, 2.24) is 0 Å². The third-order valence-corrected chi connectivity index (χ3v) is 11.2. The number of hydrogen-bond acceptors (Lipinski definition) is 6. The summed E-state index contributed by atoms with van der Waals surface area (Å²) in [6, 6.07) is 0. The molecule has 0 aliphatic heterocycles. The lowest BCUT2D eigenvalue weighted by Gasteiger charge is -2.18. The lowest BCUT2D eigenvalue weighted by Crippen LogP contribution is -2.30. The molecule has 0 aromatic rings. The van der Waals surface area contributed by atoms with E-state index in [-0.39, 0.29) is 31.1 Å². The van der Waals surface area contributed by atoms with Gasteiger partial charge < -0.3 is 14.2 Å². The summed E-state index contributed by atoms with van der Waals surface area (Å²) < 4.78 is 16.6. The van der Waals surface area contributed by atoms with E-state index in [9.17, 15) is 14.4 Å². The van der Waals surface area contributed by atoms with Crippen LogP contribution in [0.15, 0.2) is 24.3 Å². The number of unbranched alkanes of at least 4 members (excludes halogenated alkanes) is 31. The minimum Gasteiger partial charge on any atom is -0.462 e. The highest BCUT2D eigenvalue weighted by Gasteiger charge is 2.19. The molecule has 0 bridgehead atoms. The summed E-state index contributed by atoms with van der Waals surface area (Å²) in [6.07, 6.45) is 53.5. The van der Waals surface area contributed by atoms with Gasteiger partial charge in [-0.05, 0) is 44.9 Å². The summed E-state index contributed by atoms with van der Waals surface area (Å²) in [5.74, 6) is -0.892. The smallest absolute Gasteiger partial charge is 0.306 e. The van der Waals surface area contributed by atoms with Crippen LogP contribution in [0.4, 0.5) is 0 Å². The van der Waals surface area contributed by atoms with Gasteiger partial charge in [-0.3, -0.25) is 14.4 Å². The molecule has 340 valence electrons. The van der Waals surface area contributed by atoms with Crippen LogP contribution >= 0.6 is 0 Å². The first-order valence-electron chi connectivity index (χ1n) is 25.3. The molecule has 0 aliphatic carbocycles. The Bertz CT molecular complexity index is 942. The zero-order chi connectivity index (χ0) is 42.3. The van der Waals surface area contributed by atoms with E-state index in [2.05, 4.69) is 45.1 Å². The summed E-state index contributed by atoms with van der Waals surface area (Å²) in [5, 5.41) is 0. The number of allylic oxidation sites excluding steroid dienone is 4. The first-order valence-corrected chi connectivity index (χ1v) is 25.3. The Morgan fingerprint density at radius 1 is 0.345 bits per heavy atom. The van der Waals surface area contributed by atoms with Crippen LogP contribution in [0.1, 0.15) is 271 Å². The second-order valence-corrected chi connectivity index (χ2v) is 17.1. The van der Waals surface area contributed by atoms with Crippen LogP contribution in [0, 0.1) is 0 Å². The van der Waals surface area contributed by atoms with Crippen molar-refractivity contribution < 1.29 is 28.6 Å². The summed E-state index contributed by atoms with van der Waals surface area (Å²) >= 11 is 0. The Balaban J connectivity index is 4.10. The molecule has 0 fully saturated rings. The Morgan fingerprint density at radius 2 is 0.638 bits per heavy atom. The predicted molar refractivity (Wildman–Crippen MR) is 247 cm³/mol. The lowest BCUT2D eigenvalue weighted by atomic mass is 10.0. The van der Waals surface area contributed by atoms with Gasteiger partial charge >= 0.3 is 17.9 Å². The molecule has 0 saturated carbocycles. The van der Waals surface area contributed by atoms with Crippen molar-refractivity contribution in [2.24, 2.45) is 0 Å². The van der Waals surface area contributed by atoms with E-state index in [0.717, 1.165) is 89.9 Å². The van der Waals surface area contributed by atoms with E-state index in [0.29, 0.717) is 19.3 Å². The van der Waals surface area contributed by atoms with E-state index < -0.39 is 6.10 Å². The maximum absolute atomic E-state index is 12.7. The largest absolute Gasteiger partial charge is 0.462 e. The van der Waals surface area contributed by atoms with E-state index >= 15 is 0 Å². The zero-order valence-corrected chi connectivity index (χ0v) is 38.8. The Morgan fingerprint density at radius 3 is 1.00 bits per heavy atom. The SMILES string of the molecule is CCCC/C=C\C/C=C\CCCCCCCC(=O)OC(COC(=O)CCCCCCC)COC(=O)CCCCCCCCCCCCCCCCCCCCCCC. The normalized spacial score (nSPS) is 12.1. The van der Waals surface area contributed by atoms with Crippen molar-refractivity contribution in [2.75, 3.05) is 13.2 Å². The van der Waals surface area contributed by atoms with Crippen molar-refractivity contribution in [2.45, 2.75) is 277 Å². The average Bonchev–Trinajstić information content (AvgIpc) is 3.22. The topological polar surface area (TPSA) is 78.9 Å². The van der Waals surface area contributed by atoms with E-state index in [1.807, 2.05) is 0 Å². The molecule has 58 heavy (non-hydrogen) atoms. The van der Waals surface area contributed by atoms with Gasteiger partial charge in [0, 0.05) is 19.3 Å². The van der Waals surface area contributed by atoms with Gasteiger partial charge in [-0.1, -0.05) is 231 Å². The predicted octanol–water partition coefficient (Wildman–Crippen LogP) is 16.4. The van der Waals surface area contributed by atoms with E-state index in [1.54, 1.807) is 0 Å². The molecule has 0 amide bonds. The highest BCUT2D eigenvalue weighted by Crippen LogP contribution is 2.16. The first kappa shape index (κ1) is 55.9. The van der Waals surface area contributed by atoms with Crippen LogP contribution < -0.4 is 0 Å². The highest BCUT2D eigenvalue weighted by atomic mass is 16.6. The van der Waals surface area contributed by atoms with Crippen LogP contribution in [0.25, 0.3) is 0 Å². The van der Waals surface area contributed by atoms with Gasteiger partial charge in [0.05, 0.1) is 0 Å². The van der Waals surface area contributed by atoms with Crippen molar-refractivity contribution in [3.8, 4) is 0 Å². The number of hydrogen-bond donors (Lipinski definition) is 0. The van der Waals surface area contributed by atoms with Gasteiger partial charge in [0.1, 0.15) is 13.2 Å². The standard InChI is InChI=1S/C52H96O6/c1-4-7-10-13-15-17-19-21-23-24-25-26-27-28-29-31-32-34-36-39-42-45-51(54)57-48-49(47-56-50(53)44-41-38-12-9-6-3)58-52(55)46-43-40-37-35-33-30-22-20-18-16-14-11-8-5-2/h14,16,20,22,49H,4-13,15,17-19,21,23-48H2,1-3H3/b16-14-,22-20-. The fourth-order valence-corrected chi connectivity index (χ4v) is 7.34. The monoisotopic (exact) mass is 817 g/mol. The molecule has 0 N–H and O–H groups in total. The number of rotatable bonds is 46. The summed E-state index contributed by atoms with van der Waals surface area (Å²) in [5.41, 5.74) is 0. The number of ether oxygens (including phenoxy) is 3. The first-order chi connectivity index (χ1) is 28.5. The van der Waals surface area contributed by atoms with Gasteiger partial charge in [0.15, 0.2) is 6.10 Å². The van der Waals surface area contributed by atoms with Crippen molar-refractivity contribution >= 4 is 17.9 Å². The fraction of sp³-hybridized carbons (Fsp3) is 0.865. The molecule has 1 atom stereocenters. The van der Waals surface area contributed by atoms with Crippen LogP contribution in [0.3, 0.4) is 0 Å². The molecule has 0 aromatic heterocycles. The van der Waals surface area contributed by atoms with Gasteiger partial charge in [-0.25, -0.2) is 0 Å². The molecule has 0 aromatic carbocycles. The van der Waals surface area contributed by atoms with Crippen LogP contribution in [-0.4, -0.2) is 37.2 Å². The maximum atomic E-state index is 12.7. The van der Waals surface area contributed by atoms with Gasteiger partial charge in [0.25, 0.3) is 0 Å². The number of esters is 3. The molecular formula is C52H96O6. The zero-order valence-electron chi connectivity index (χ0n) is 38.8. The summed E-state index contributed by atoms with van der Waals surface area (Å²) in [4.78, 5) is 37.6. The quantitative estimate of drug-likeness (QED) is 0.0263. The molecular weight excluding hydrogens is 721 g/mol. The molecule has 0 rings (SSSR count). The van der Waals surface area contributed by atoms with Gasteiger partial charge in [0.2, 0.25) is 0 Å². The minimum atomic E-state index is -0.770. The molecule has 1 unspecified atom stereocenters. The highest BCUT2D eigenvalue weighted by molar-refractivity contribution is 5.71. The number of carbonyl (C=O) groups excluding carboxylic acids is 3. The summed E-state index contributed by atoms with van der Waals surface area (Å²) in [6.45, 7) is 6.53. The van der Waals surface area contributed by atoms with E-state index in [1.165, 1.54) is 141 Å².